The number of aliphatic hydroxyl groups is 1. The first-order valence-corrected chi connectivity index (χ1v) is 6.35. The molecular weight excluding hydrogens is 325 g/mol. The first-order chi connectivity index (χ1) is 7.77. The Morgan fingerprint density at radius 1 is 1.35 bits per heavy atom. The summed E-state index contributed by atoms with van der Waals surface area (Å²) in [7, 11) is 0. The minimum absolute atomic E-state index is 0. The van der Waals surface area contributed by atoms with Crippen LogP contribution in [0.2, 0.25) is 0 Å². The maximum atomic E-state index is 11.6. The Balaban J connectivity index is -0.000000963. The van der Waals surface area contributed by atoms with Gasteiger partial charge in [0.05, 0.1) is 6.10 Å². The van der Waals surface area contributed by atoms with Gasteiger partial charge in [0.2, 0.25) is 0 Å². The van der Waals surface area contributed by atoms with Crippen molar-refractivity contribution in [1.82, 2.24) is 0 Å². The van der Waals surface area contributed by atoms with Crippen LogP contribution in [0.25, 0.3) is 0 Å². The van der Waals surface area contributed by atoms with Crippen molar-refractivity contribution in [2.75, 3.05) is 0 Å². The number of rotatable bonds is 4. The summed E-state index contributed by atoms with van der Waals surface area (Å²) in [5, 5.41) is 10.2. The molecule has 0 aromatic rings. The number of hydrogen-bond acceptors (Lipinski definition) is 2. The molecule has 1 unspecified atom stereocenters. The summed E-state index contributed by atoms with van der Waals surface area (Å²) in [5.74, 6) is 0.258. The Morgan fingerprint density at radius 3 is 2.25 bits per heavy atom. The molecule has 1 radical (unpaired) electrons. The van der Waals surface area contributed by atoms with Crippen molar-refractivity contribution in [1.29, 1.82) is 0 Å². The normalized spacial score (nSPS) is 18.3. The van der Waals surface area contributed by atoms with Crippen molar-refractivity contribution >= 4 is 5.78 Å². The van der Waals surface area contributed by atoms with Crippen molar-refractivity contribution in [3.8, 4) is 0 Å². The smallest absolute Gasteiger partial charge is 0.133 e. The van der Waals surface area contributed by atoms with Gasteiger partial charge >= 0.3 is 0 Å². The SMILES string of the molecule is C.C.CCC(=O)CC(C)(C)C1=C(C)CC(C)=CC1O.[Y]. The Bertz CT molecular complexity index is 378. The fourth-order valence-corrected chi connectivity index (χ4v) is 2.87. The molecular formula is C17H32O2Y. The maximum Gasteiger partial charge on any atom is 0.133 e. The van der Waals surface area contributed by atoms with Crippen LogP contribution in [0.15, 0.2) is 22.8 Å². The quantitative estimate of drug-likeness (QED) is 0.742. The largest absolute Gasteiger partial charge is 0.385 e. The molecule has 2 nitrogen and oxygen atoms in total. The summed E-state index contributed by atoms with van der Waals surface area (Å²) in [5.41, 5.74) is 3.21. The van der Waals surface area contributed by atoms with E-state index in [1.54, 1.807) is 0 Å². The van der Waals surface area contributed by atoms with Gasteiger partial charge in [-0.25, -0.2) is 0 Å². The van der Waals surface area contributed by atoms with Gasteiger partial charge in [0.25, 0.3) is 0 Å². The molecule has 1 aliphatic carbocycles. The van der Waals surface area contributed by atoms with Crippen LogP contribution in [-0.4, -0.2) is 17.0 Å². The fraction of sp³-hybridized carbons (Fsp3) is 0.706. The van der Waals surface area contributed by atoms with E-state index in [4.69, 9.17) is 0 Å². The molecule has 0 aromatic heterocycles. The molecule has 0 saturated carbocycles. The maximum absolute atomic E-state index is 11.6. The van der Waals surface area contributed by atoms with E-state index in [1.807, 2.05) is 19.9 Å². The molecule has 0 saturated heterocycles. The van der Waals surface area contributed by atoms with Crippen molar-refractivity contribution in [3.05, 3.63) is 22.8 Å². The molecule has 0 amide bonds. The van der Waals surface area contributed by atoms with Gasteiger partial charge in [-0.2, -0.15) is 0 Å². The molecule has 20 heavy (non-hydrogen) atoms. The molecule has 3 heteroatoms. The molecule has 0 spiro atoms. The Labute approximate surface area is 151 Å². The van der Waals surface area contributed by atoms with Gasteiger partial charge in [-0.1, -0.05) is 52.8 Å². The first-order valence-electron chi connectivity index (χ1n) is 6.35. The minimum Gasteiger partial charge on any atom is -0.385 e. The summed E-state index contributed by atoms with van der Waals surface area (Å²) in [6, 6.07) is 0. The molecule has 1 aliphatic rings. The summed E-state index contributed by atoms with van der Waals surface area (Å²) in [6.45, 7) is 10.1. The number of allylic oxidation sites excluding steroid dienone is 2. The summed E-state index contributed by atoms with van der Waals surface area (Å²) < 4.78 is 0. The van der Waals surface area contributed by atoms with E-state index in [0.29, 0.717) is 12.8 Å². The summed E-state index contributed by atoms with van der Waals surface area (Å²) >= 11 is 0. The van der Waals surface area contributed by atoms with E-state index in [0.717, 1.165) is 12.0 Å². The summed E-state index contributed by atoms with van der Waals surface area (Å²) in [4.78, 5) is 11.6. The van der Waals surface area contributed by atoms with Crippen molar-refractivity contribution in [2.45, 2.75) is 74.8 Å². The number of carbonyl (C=O) groups is 1. The number of Topliss-reactive ketones (excluding diaryl/α,β-unsaturated/α-hetero) is 1. The number of hydrogen-bond donors (Lipinski definition) is 1. The second-order valence-corrected chi connectivity index (χ2v) is 5.78. The Morgan fingerprint density at radius 2 is 1.85 bits per heavy atom. The van der Waals surface area contributed by atoms with E-state index in [9.17, 15) is 9.90 Å². The van der Waals surface area contributed by atoms with Crippen molar-refractivity contribution < 1.29 is 42.6 Å². The monoisotopic (exact) mass is 357 g/mol. The third-order valence-electron chi connectivity index (χ3n) is 3.50. The van der Waals surface area contributed by atoms with Gasteiger partial charge in [-0.05, 0) is 31.3 Å². The Kier molecular flexibility index (Phi) is 12.6. The Hall–Kier alpha value is 0.214. The minimum atomic E-state index is -0.525. The van der Waals surface area contributed by atoms with Gasteiger partial charge in [-0.3, -0.25) is 4.79 Å². The second-order valence-electron chi connectivity index (χ2n) is 5.78. The van der Waals surface area contributed by atoms with E-state index < -0.39 is 6.10 Å². The van der Waals surface area contributed by atoms with Crippen LogP contribution in [0.1, 0.15) is 68.7 Å². The topological polar surface area (TPSA) is 37.3 Å². The number of aliphatic hydroxyl groups excluding tert-OH is 1. The van der Waals surface area contributed by atoms with E-state index in [-0.39, 0.29) is 58.8 Å². The van der Waals surface area contributed by atoms with Crippen molar-refractivity contribution in [2.24, 2.45) is 5.41 Å². The third kappa shape index (κ3) is 6.32. The fourth-order valence-electron chi connectivity index (χ4n) is 2.87. The van der Waals surface area contributed by atoms with Crippen LogP contribution in [-0.2, 0) is 37.5 Å². The average Bonchev–Trinajstić information content (AvgIpc) is 2.14. The zero-order chi connectivity index (χ0) is 13.2. The van der Waals surface area contributed by atoms with Crippen LogP contribution in [0, 0.1) is 5.41 Å². The third-order valence-corrected chi connectivity index (χ3v) is 3.50. The molecule has 115 valence electrons. The van der Waals surface area contributed by atoms with Gasteiger partial charge in [0.15, 0.2) is 0 Å². The van der Waals surface area contributed by atoms with Gasteiger partial charge in [0.1, 0.15) is 5.78 Å². The standard InChI is InChI=1S/C15H24O2.2CH4.Y/c1-6-12(16)9-15(4,5)14-11(3)7-10(2)8-13(14)17;;;/h8,13,17H,6-7,9H2,1-5H3;2*1H4;. The zero-order valence-electron chi connectivity index (χ0n) is 12.2. The second kappa shape index (κ2) is 10.0. The summed E-state index contributed by atoms with van der Waals surface area (Å²) in [6.07, 6.45) is 3.38. The van der Waals surface area contributed by atoms with Crippen LogP contribution >= 0.6 is 0 Å². The molecule has 1 N–H and O–H groups in total. The van der Waals surface area contributed by atoms with Gasteiger partial charge in [0, 0.05) is 45.6 Å². The molecule has 0 heterocycles. The van der Waals surface area contributed by atoms with Gasteiger partial charge in [-0.15, -0.1) is 0 Å². The van der Waals surface area contributed by atoms with Crippen LogP contribution in [0.3, 0.4) is 0 Å². The molecule has 0 aliphatic heterocycles. The molecule has 0 aromatic carbocycles. The number of carbonyl (C=O) groups excluding carboxylic acids is 1. The zero-order valence-corrected chi connectivity index (χ0v) is 15.0. The predicted molar refractivity (Wildman–Crippen MR) is 84.2 cm³/mol. The number of ketones is 1. The molecule has 1 atom stereocenters. The van der Waals surface area contributed by atoms with Crippen LogP contribution < -0.4 is 0 Å². The van der Waals surface area contributed by atoms with E-state index >= 15 is 0 Å². The van der Waals surface area contributed by atoms with E-state index in [2.05, 4.69) is 20.8 Å². The van der Waals surface area contributed by atoms with Crippen LogP contribution in [0.5, 0.6) is 0 Å². The molecule has 0 bridgehead atoms. The molecule has 0 fully saturated rings. The van der Waals surface area contributed by atoms with E-state index in [1.165, 1.54) is 11.1 Å². The molecule has 1 rings (SSSR count). The van der Waals surface area contributed by atoms with Gasteiger partial charge < -0.3 is 5.11 Å². The van der Waals surface area contributed by atoms with Crippen LogP contribution in [0.4, 0.5) is 0 Å². The average molecular weight is 357 g/mol. The predicted octanol–water partition coefficient (Wildman–Crippen LogP) is 4.68. The first kappa shape index (κ1) is 25.2. The van der Waals surface area contributed by atoms with Crippen molar-refractivity contribution in [3.63, 3.8) is 0 Å².